The number of benzene rings is 1. The van der Waals surface area contributed by atoms with Crippen molar-refractivity contribution in [2.45, 2.75) is 13.0 Å². The van der Waals surface area contributed by atoms with E-state index in [0.29, 0.717) is 5.56 Å². The number of hydrogen-bond acceptors (Lipinski definition) is 3. The van der Waals surface area contributed by atoms with Crippen molar-refractivity contribution in [3.8, 4) is 0 Å². The Hall–Kier alpha value is -1.23. The predicted octanol–water partition coefficient (Wildman–Crippen LogP) is 1.89. The van der Waals surface area contributed by atoms with Crippen LogP contribution in [0.3, 0.4) is 0 Å². The van der Waals surface area contributed by atoms with Gasteiger partial charge in [-0.15, -0.1) is 0 Å². The molecule has 16 heavy (non-hydrogen) atoms. The van der Waals surface area contributed by atoms with E-state index in [1.165, 1.54) is 12.1 Å². The Balaban J connectivity index is 2.69. The van der Waals surface area contributed by atoms with Crippen LogP contribution >= 0.6 is 11.8 Å². The molecule has 1 aromatic rings. The number of rotatable bonds is 4. The molecule has 0 aliphatic rings. The molecule has 0 aliphatic carbocycles. The number of anilines is 1. The van der Waals surface area contributed by atoms with Gasteiger partial charge in [0.05, 0.1) is 5.69 Å². The molecule has 0 fully saturated rings. The summed E-state index contributed by atoms with van der Waals surface area (Å²) in [4.78, 5) is 11.7. The van der Waals surface area contributed by atoms with Crippen molar-refractivity contribution in [3.63, 3.8) is 0 Å². The average molecular weight is 242 g/mol. The van der Waals surface area contributed by atoms with E-state index in [1.807, 2.05) is 13.2 Å². The van der Waals surface area contributed by atoms with Gasteiger partial charge in [0.25, 0.3) is 5.91 Å². The van der Waals surface area contributed by atoms with Crippen LogP contribution in [0.25, 0.3) is 0 Å². The van der Waals surface area contributed by atoms with Gasteiger partial charge < -0.3 is 11.1 Å². The van der Waals surface area contributed by atoms with Gasteiger partial charge in [0, 0.05) is 17.4 Å². The van der Waals surface area contributed by atoms with Crippen molar-refractivity contribution in [2.75, 3.05) is 17.7 Å². The van der Waals surface area contributed by atoms with Crippen molar-refractivity contribution < 1.29 is 9.18 Å². The third-order valence-electron chi connectivity index (χ3n) is 2.06. The summed E-state index contributed by atoms with van der Waals surface area (Å²) in [6.45, 7) is 1.90. The van der Waals surface area contributed by atoms with Crippen LogP contribution in [0, 0.1) is 5.82 Å². The van der Waals surface area contributed by atoms with Crippen LogP contribution in [0.5, 0.6) is 0 Å². The molecule has 5 heteroatoms. The first kappa shape index (κ1) is 12.8. The van der Waals surface area contributed by atoms with Gasteiger partial charge in [0.15, 0.2) is 0 Å². The number of amides is 1. The average Bonchev–Trinajstić information content (AvgIpc) is 2.22. The molecule has 1 unspecified atom stereocenters. The van der Waals surface area contributed by atoms with Gasteiger partial charge in [-0.2, -0.15) is 11.8 Å². The van der Waals surface area contributed by atoms with Crippen molar-refractivity contribution in [3.05, 3.63) is 29.6 Å². The summed E-state index contributed by atoms with van der Waals surface area (Å²) in [5, 5.41) is 2.78. The summed E-state index contributed by atoms with van der Waals surface area (Å²) in [7, 11) is 0. The number of halogens is 1. The fourth-order valence-electron chi connectivity index (χ4n) is 1.27. The van der Waals surface area contributed by atoms with Crippen LogP contribution in [0.1, 0.15) is 17.3 Å². The zero-order valence-corrected chi connectivity index (χ0v) is 10.1. The highest BCUT2D eigenvalue weighted by Crippen LogP contribution is 2.12. The third-order valence-corrected chi connectivity index (χ3v) is 2.89. The Bertz CT molecular complexity index is 384. The zero-order chi connectivity index (χ0) is 12.1. The van der Waals surface area contributed by atoms with Gasteiger partial charge in [0.2, 0.25) is 0 Å². The molecule has 0 aliphatic heterocycles. The van der Waals surface area contributed by atoms with Gasteiger partial charge >= 0.3 is 0 Å². The summed E-state index contributed by atoms with van der Waals surface area (Å²) < 4.78 is 13.1. The molecule has 0 radical (unpaired) electrons. The molecular formula is C11H15FN2OS. The number of hydrogen-bond donors (Lipinski definition) is 2. The van der Waals surface area contributed by atoms with Gasteiger partial charge in [-0.25, -0.2) is 4.39 Å². The lowest BCUT2D eigenvalue weighted by molar-refractivity contribution is 0.0943. The fraction of sp³-hybridized carbons (Fsp3) is 0.364. The van der Waals surface area contributed by atoms with Gasteiger partial charge in [-0.1, -0.05) is 0 Å². The molecule has 0 spiro atoms. The Kier molecular flexibility index (Phi) is 4.61. The second-order valence-electron chi connectivity index (χ2n) is 3.57. The lowest BCUT2D eigenvalue weighted by Gasteiger charge is -2.12. The minimum absolute atomic E-state index is 0.0497. The third kappa shape index (κ3) is 3.41. The van der Waals surface area contributed by atoms with Crippen LogP contribution in [-0.2, 0) is 0 Å². The van der Waals surface area contributed by atoms with Crippen molar-refractivity contribution >= 4 is 23.4 Å². The lowest BCUT2D eigenvalue weighted by atomic mass is 10.2. The first-order chi connectivity index (χ1) is 7.54. The normalized spacial score (nSPS) is 12.2. The molecule has 88 valence electrons. The molecule has 0 bridgehead atoms. The molecule has 1 atom stereocenters. The van der Waals surface area contributed by atoms with E-state index in [9.17, 15) is 9.18 Å². The predicted molar refractivity (Wildman–Crippen MR) is 66.1 cm³/mol. The monoisotopic (exact) mass is 242 g/mol. The largest absolute Gasteiger partial charge is 0.396 e. The maximum atomic E-state index is 13.1. The van der Waals surface area contributed by atoms with Crippen LogP contribution < -0.4 is 11.1 Å². The molecule has 0 heterocycles. The van der Waals surface area contributed by atoms with E-state index in [4.69, 9.17) is 5.73 Å². The topological polar surface area (TPSA) is 55.1 Å². The SMILES string of the molecule is CSCC(C)NC(=O)c1ccc(N)c(F)c1. The van der Waals surface area contributed by atoms with E-state index in [-0.39, 0.29) is 17.6 Å². The quantitative estimate of drug-likeness (QED) is 0.793. The highest BCUT2D eigenvalue weighted by molar-refractivity contribution is 7.98. The number of nitrogens with two attached hydrogens (primary N) is 1. The fourth-order valence-corrected chi connectivity index (χ4v) is 1.85. The van der Waals surface area contributed by atoms with Crippen LogP contribution in [-0.4, -0.2) is 24.0 Å². The first-order valence-corrected chi connectivity index (χ1v) is 6.28. The number of nitrogen functional groups attached to an aromatic ring is 1. The van der Waals surface area contributed by atoms with E-state index in [2.05, 4.69) is 5.32 Å². The summed E-state index contributed by atoms with van der Waals surface area (Å²) >= 11 is 1.64. The van der Waals surface area contributed by atoms with E-state index < -0.39 is 5.82 Å². The van der Waals surface area contributed by atoms with Crippen molar-refractivity contribution in [1.29, 1.82) is 0 Å². The van der Waals surface area contributed by atoms with Crippen LogP contribution in [0.15, 0.2) is 18.2 Å². The maximum Gasteiger partial charge on any atom is 0.251 e. The number of carbonyl (C=O) groups excluding carboxylic acids is 1. The lowest BCUT2D eigenvalue weighted by Crippen LogP contribution is -2.34. The smallest absolute Gasteiger partial charge is 0.251 e. The standard InChI is InChI=1S/C11H15FN2OS/c1-7(6-16-2)14-11(15)8-3-4-10(13)9(12)5-8/h3-5,7H,6,13H2,1-2H3,(H,14,15). The van der Waals surface area contributed by atoms with Crippen molar-refractivity contribution in [2.24, 2.45) is 0 Å². The van der Waals surface area contributed by atoms with E-state index in [1.54, 1.807) is 11.8 Å². The second kappa shape index (κ2) is 5.75. The summed E-state index contributed by atoms with van der Waals surface area (Å²) in [5.74, 6) is -0.0194. The Morgan fingerprint density at radius 2 is 2.31 bits per heavy atom. The summed E-state index contributed by atoms with van der Waals surface area (Å²) in [6.07, 6.45) is 1.96. The minimum atomic E-state index is -0.565. The number of carbonyl (C=O) groups is 1. The molecule has 3 nitrogen and oxygen atoms in total. The second-order valence-corrected chi connectivity index (χ2v) is 4.48. The molecule has 1 aromatic carbocycles. The highest BCUT2D eigenvalue weighted by Gasteiger charge is 2.10. The molecule has 3 N–H and O–H groups in total. The molecule has 0 saturated carbocycles. The van der Waals surface area contributed by atoms with E-state index >= 15 is 0 Å². The minimum Gasteiger partial charge on any atom is -0.396 e. The zero-order valence-electron chi connectivity index (χ0n) is 9.29. The number of nitrogens with one attached hydrogen (secondary N) is 1. The maximum absolute atomic E-state index is 13.1. The summed E-state index contributed by atoms with van der Waals surface area (Å²) in [5.41, 5.74) is 5.67. The molecule has 1 rings (SSSR count). The first-order valence-electron chi connectivity index (χ1n) is 4.89. The summed E-state index contributed by atoms with van der Waals surface area (Å²) in [6, 6.07) is 4.11. The Labute approximate surface area is 98.6 Å². The van der Waals surface area contributed by atoms with E-state index in [0.717, 1.165) is 11.8 Å². The van der Waals surface area contributed by atoms with Gasteiger partial charge in [0.1, 0.15) is 5.82 Å². The van der Waals surface area contributed by atoms with Crippen molar-refractivity contribution in [1.82, 2.24) is 5.32 Å². The molecule has 1 amide bonds. The molecular weight excluding hydrogens is 227 g/mol. The highest BCUT2D eigenvalue weighted by atomic mass is 32.2. The molecule has 0 saturated heterocycles. The Morgan fingerprint density at radius 1 is 1.62 bits per heavy atom. The van der Waals surface area contributed by atoms with Crippen LogP contribution in [0.2, 0.25) is 0 Å². The van der Waals surface area contributed by atoms with Crippen LogP contribution in [0.4, 0.5) is 10.1 Å². The Morgan fingerprint density at radius 3 is 2.88 bits per heavy atom. The number of thioether (sulfide) groups is 1. The van der Waals surface area contributed by atoms with Gasteiger partial charge in [-0.3, -0.25) is 4.79 Å². The van der Waals surface area contributed by atoms with Gasteiger partial charge in [-0.05, 0) is 31.4 Å². The molecule has 0 aromatic heterocycles.